The van der Waals surface area contributed by atoms with Gasteiger partial charge in [0.25, 0.3) is 0 Å². The summed E-state index contributed by atoms with van der Waals surface area (Å²) in [6.45, 7) is 2.29. The summed E-state index contributed by atoms with van der Waals surface area (Å²) in [7, 11) is 0. The van der Waals surface area contributed by atoms with Crippen LogP contribution in [0.4, 0.5) is 0 Å². The first-order valence-electron chi connectivity index (χ1n) is 6.65. The first-order chi connectivity index (χ1) is 8.25. The molecule has 0 aromatic heterocycles. The Morgan fingerprint density at radius 2 is 2.00 bits per heavy atom. The van der Waals surface area contributed by atoms with Crippen LogP contribution in [0.15, 0.2) is 36.4 Å². The van der Waals surface area contributed by atoms with E-state index in [1.165, 1.54) is 18.4 Å². The van der Waals surface area contributed by atoms with E-state index in [2.05, 4.69) is 43.3 Å². The summed E-state index contributed by atoms with van der Waals surface area (Å²) in [5.74, 6) is 1.23. The molecule has 1 aromatic rings. The lowest BCUT2D eigenvalue weighted by Gasteiger charge is -2.30. The highest BCUT2D eigenvalue weighted by atomic mass is 16.3. The molecule has 1 heteroatoms. The lowest BCUT2D eigenvalue weighted by molar-refractivity contribution is 0.0534. The zero-order valence-corrected chi connectivity index (χ0v) is 10.5. The summed E-state index contributed by atoms with van der Waals surface area (Å²) >= 11 is 0. The number of aliphatic hydroxyl groups excluding tert-OH is 1. The van der Waals surface area contributed by atoms with E-state index in [1.807, 2.05) is 6.07 Å². The Labute approximate surface area is 104 Å². The third-order valence-corrected chi connectivity index (χ3v) is 3.75. The normalized spacial score (nSPS) is 29.6. The SMILES string of the molecule is CC1CCC(O)C(C/C=C/c2ccccc2)C1. The van der Waals surface area contributed by atoms with Crippen molar-refractivity contribution in [2.75, 3.05) is 0 Å². The minimum Gasteiger partial charge on any atom is -0.393 e. The Morgan fingerprint density at radius 3 is 2.76 bits per heavy atom. The molecule has 3 unspecified atom stereocenters. The van der Waals surface area contributed by atoms with Crippen molar-refractivity contribution in [1.29, 1.82) is 0 Å². The monoisotopic (exact) mass is 230 g/mol. The number of hydrogen-bond donors (Lipinski definition) is 1. The summed E-state index contributed by atoms with van der Waals surface area (Å²) < 4.78 is 0. The topological polar surface area (TPSA) is 20.2 Å². The van der Waals surface area contributed by atoms with Gasteiger partial charge >= 0.3 is 0 Å². The van der Waals surface area contributed by atoms with Crippen molar-refractivity contribution in [1.82, 2.24) is 0 Å². The van der Waals surface area contributed by atoms with E-state index in [1.54, 1.807) is 0 Å². The Morgan fingerprint density at radius 1 is 1.24 bits per heavy atom. The first-order valence-corrected chi connectivity index (χ1v) is 6.65. The highest BCUT2D eigenvalue weighted by Gasteiger charge is 2.25. The van der Waals surface area contributed by atoms with Crippen LogP contribution >= 0.6 is 0 Å². The third kappa shape index (κ3) is 3.71. The Balaban J connectivity index is 1.87. The number of hydrogen-bond acceptors (Lipinski definition) is 1. The maximum absolute atomic E-state index is 9.95. The highest BCUT2D eigenvalue weighted by Crippen LogP contribution is 2.31. The van der Waals surface area contributed by atoms with Gasteiger partial charge in [0, 0.05) is 0 Å². The van der Waals surface area contributed by atoms with Gasteiger partial charge in [-0.15, -0.1) is 0 Å². The molecule has 1 saturated carbocycles. The van der Waals surface area contributed by atoms with Gasteiger partial charge in [-0.2, -0.15) is 0 Å². The van der Waals surface area contributed by atoms with Gasteiger partial charge in [-0.05, 0) is 43.1 Å². The van der Waals surface area contributed by atoms with E-state index in [0.717, 1.165) is 18.8 Å². The van der Waals surface area contributed by atoms with Crippen LogP contribution in [0.5, 0.6) is 0 Å². The number of allylic oxidation sites excluding steroid dienone is 1. The quantitative estimate of drug-likeness (QED) is 0.835. The van der Waals surface area contributed by atoms with Crippen molar-refractivity contribution >= 4 is 6.08 Å². The molecular formula is C16H22O. The predicted molar refractivity (Wildman–Crippen MR) is 72.6 cm³/mol. The van der Waals surface area contributed by atoms with Crippen LogP contribution in [-0.2, 0) is 0 Å². The Bertz CT molecular complexity index is 355. The second kappa shape index (κ2) is 6.02. The smallest absolute Gasteiger partial charge is 0.0571 e. The summed E-state index contributed by atoms with van der Waals surface area (Å²) in [5.41, 5.74) is 1.24. The van der Waals surface area contributed by atoms with E-state index in [0.29, 0.717) is 5.92 Å². The maximum Gasteiger partial charge on any atom is 0.0571 e. The molecule has 1 N–H and O–H groups in total. The molecule has 1 aliphatic carbocycles. The van der Waals surface area contributed by atoms with Gasteiger partial charge in [0.1, 0.15) is 0 Å². The van der Waals surface area contributed by atoms with Crippen molar-refractivity contribution in [2.24, 2.45) is 11.8 Å². The van der Waals surface area contributed by atoms with Gasteiger partial charge in [-0.3, -0.25) is 0 Å². The number of rotatable bonds is 3. The summed E-state index contributed by atoms with van der Waals surface area (Å²) in [4.78, 5) is 0. The van der Waals surface area contributed by atoms with Crippen molar-refractivity contribution in [3.63, 3.8) is 0 Å². The maximum atomic E-state index is 9.95. The molecule has 1 fully saturated rings. The molecule has 92 valence electrons. The lowest BCUT2D eigenvalue weighted by atomic mass is 9.79. The number of aliphatic hydroxyl groups is 1. The van der Waals surface area contributed by atoms with Gasteiger partial charge in [0.2, 0.25) is 0 Å². The van der Waals surface area contributed by atoms with Crippen LogP contribution in [0, 0.1) is 11.8 Å². The average Bonchev–Trinajstić information content (AvgIpc) is 2.35. The van der Waals surface area contributed by atoms with Crippen LogP contribution in [0.25, 0.3) is 6.08 Å². The predicted octanol–water partition coefficient (Wildman–Crippen LogP) is 3.89. The molecule has 3 atom stereocenters. The Hall–Kier alpha value is -1.08. The molecule has 1 aromatic carbocycles. The third-order valence-electron chi connectivity index (χ3n) is 3.75. The lowest BCUT2D eigenvalue weighted by Crippen LogP contribution is -2.27. The molecule has 0 radical (unpaired) electrons. The van der Waals surface area contributed by atoms with E-state index in [-0.39, 0.29) is 6.10 Å². The first kappa shape index (κ1) is 12.4. The van der Waals surface area contributed by atoms with Crippen LogP contribution in [0.1, 0.15) is 38.2 Å². The molecule has 0 heterocycles. The fourth-order valence-electron chi connectivity index (χ4n) is 2.68. The van der Waals surface area contributed by atoms with E-state index < -0.39 is 0 Å². The molecule has 1 nitrogen and oxygen atoms in total. The van der Waals surface area contributed by atoms with Crippen molar-refractivity contribution < 1.29 is 5.11 Å². The summed E-state index contributed by atoms with van der Waals surface area (Å²) in [6.07, 6.45) is 8.60. The zero-order chi connectivity index (χ0) is 12.1. The van der Waals surface area contributed by atoms with Gasteiger partial charge in [-0.1, -0.05) is 49.4 Å². The van der Waals surface area contributed by atoms with Crippen molar-refractivity contribution in [2.45, 2.75) is 38.7 Å². The van der Waals surface area contributed by atoms with Crippen LogP contribution < -0.4 is 0 Å². The molecule has 0 amide bonds. The van der Waals surface area contributed by atoms with Gasteiger partial charge in [-0.25, -0.2) is 0 Å². The molecule has 0 aliphatic heterocycles. The molecule has 0 bridgehead atoms. The van der Waals surface area contributed by atoms with Crippen LogP contribution in [0.2, 0.25) is 0 Å². The minimum absolute atomic E-state index is 0.0911. The van der Waals surface area contributed by atoms with E-state index in [9.17, 15) is 5.11 Å². The van der Waals surface area contributed by atoms with Crippen LogP contribution in [0.3, 0.4) is 0 Å². The summed E-state index contributed by atoms with van der Waals surface area (Å²) in [5, 5.41) is 9.95. The molecule has 1 aliphatic rings. The average molecular weight is 230 g/mol. The fourth-order valence-corrected chi connectivity index (χ4v) is 2.68. The molecule has 17 heavy (non-hydrogen) atoms. The molecule has 0 spiro atoms. The minimum atomic E-state index is -0.0911. The standard InChI is InChI=1S/C16H22O/c1-13-10-11-16(17)15(12-13)9-5-8-14-6-3-2-4-7-14/h2-8,13,15-17H,9-12H2,1H3/b8-5+. The second-order valence-corrected chi connectivity index (χ2v) is 5.29. The van der Waals surface area contributed by atoms with Crippen molar-refractivity contribution in [3.8, 4) is 0 Å². The highest BCUT2D eigenvalue weighted by molar-refractivity contribution is 5.48. The largest absolute Gasteiger partial charge is 0.393 e. The van der Waals surface area contributed by atoms with Crippen molar-refractivity contribution in [3.05, 3.63) is 42.0 Å². The number of benzene rings is 1. The summed E-state index contributed by atoms with van der Waals surface area (Å²) in [6, 6.07) is 10.4. The van der Waals surface area contributed by atoms with Gasteiger partial charge in [0.15, 0.2) is 0 Å². The zero-order valence-electron chi connectivity index (χ0n) is 10.5. The van der Waals surface area contributed by atoms with Gasteiger partial charge in [0.05, 0.1) is 6.10 Å². The fraction of sp³-hybridized carbons (Fsp3) is 0.500. The molecule has 2 rings (SSSR count). The van der Waals surface area contributed by atoms with E-state index in [4.69, 9.17) is 0 Å². The van der Waals surface area contributed by atoms with Crippen LogP contribution in [-0.4, -0.2) is 11.2 Å². The second-order valence-electron chi connectivity index (χ2n) is 5.29. The molecule has 0 saturated heterocycles. The molecular weight excluding hydrogens is 208 g/mol. The van der Waals surface area contributed by atoms with Gasteiger partial charge < -0.3 is 5.11 Å². The van der Waals surface area contributed by atoms with E-state index >= 15 is 0 Å². The Kier molecular flexibility index (Phi) is 4.38.